The van der Waals surface area contributed by atoms with Crippen molar-refractivity contribution in [3.05, 3.63) is 82.1 Å². The number of aliphatic imine (C=N–C) groups is 1. The van der Waals surface area contributed by atoms with E-state index in [0.29, 0.717) is 13.1 Å². The Morgan fingerprint density at radius 1 is 1.00 bits per heavy atom. The first-order valence-electron chi connectivity index (χ1n) is 8.88. The molecule has 0 amide bonds. The summed E-state index contributed by atoms with van der Waals surface area (Å²) < 4.78 is 1.98. The van der Waals surface area contributed by atoms with Gasteiger partial charge >= 0.3 is 0 Å². The van der Waals surface area contributed by atoms with Crippen LogP contribution < -0.4 is 10.6 Å². The van der Waals surface area contributed by atoms with E-state index in [2.05, 4.69) is 39.8 Å². The molecule has 0 aliphatic heterocycles. The third-order valence-corrected chi connectivity index (χ3v) is 4.87. The summed E-state index contributed by atoms with van der Waals surface area (Å²) in [5, 5.41) is 12.1. The monoisotopic (exact) mass is 381 g/mol. The predicted molar refractivity (Wildman–Crippen MR) is 112 cm³/mol. The van der Waals surface area contributed by atoms with Gasteiger partial charge in [-0.25, -0.2) is 4.68 Å². The van der Waals surface area contributed by atoms with Crippen LogP contribution in [0.2, 0.25) is 5.02 Å². The highest BCUT2D eigenvalue weighted by Crippen LogP contribution is 2.18. The number of aryl methyl sites for hydroxylation is 1. The molecule has 0 spiro atoms. The zero-order chi connectivity index (χ0) is 19.2. The lowest BCUT2D eigenvalue weighted by atomic mass is 10.2. The van der Waals surface area contributed by atoms with Crippen LogP contribution in [-0.2, 0) is 13.1 Å². The van der Waals surface area contributed by atoms with E-state index in [1.165, 1.54) is 5.56 Å². The van der Waals surface area contributed by atoms with Crippen molar-refractivity contribution in [2.45, 2.75) is 26.9 Å². The van der Waals surface area contributed by atoms with Crippen LogP contribution in [0.5, 0.6) is 0 Å². The third-order valence-electron chi connectivity index (χ3n) is 4.50. The number of benzene rings is 2. The Balaban J connectivity index is 1.67. The summed E-state index contributed by atoms with van der Waals surface area (Å²) >= 11 is 6.22. The van der Waals surface area contributed by atoms with Crippen LogP contribution in [0.15, 0.2) is 59.6 Å². The van der Waals surface area contributed by atoms with Crippen molar-refractivity contribution in [1.82, 2.24) is 20.4 Å². The zero-order valence-corrected chi connectivity index (χ0v) is 16.6. The van der Waals surface area contributed by atoms with Crippen LogP contribution >= 0.6 is 11.6 Å². The number of rotatable bonds is 5. The van der Waals surface area contributed by atoms with Crippen LogP contribution in [0.3, 0.4) is 0 Å². The van der Waals surface area contributed by atoms with Gasteiger partial charge in [0.2, 0.25) is 0 Å². The highest BCUT2D eigenvalue weighted by Gasteiger charge is 2.13. The number of guanidine groups is 1. The molecule has 1 aromatic heterocycles. The molecule has 2 N–H and O–H groups in total. The number of nitrogens with one attached hydrogen (secondary N) is 2. The number of aromatic nitrogens is 2. The maximum atomic E-state index is 6.22. The van der Waals surface area contributed by atoms with Crippen LogP contribution in [0.1, 0.15) is 22.5 Å². The first kappa shape index (κ1) is 19.0. The van der Waals surface area contributed by atoms with Crippen molar-refractivity contribution in [1.29, 1.82) is 0 Å². The summed E-state index contributed by atoms with van der Waals surface area (Å²) in [7, 11) is 1.76. The summed E-state index contributed by atoms with van der Waals surface area (Å²) in [6.07, 6.45) is 0. The lowest BCUT2D eigenvalue weighted by molar-refractivity contribution is 0.800. The third kappa shape index (κ3) is 4.49. The molecule has 2 aromatic carbocycles. The minimum absolute atomic E-state index is 0.612. The fourth-order valence-electron chi connectivity index (χ4n) is 2.96. The molecule has 1 heterocycles. The van der Waals surface area contributed by atoms with E-state index < -0.39 is 0 Å². The van der Waals surface area contributed by atoms with Crippen LogP contribution in [0, 0.1) is 13.8 Å². The first-order valence-corrected chi connectivity index (χ1v) is 9.26. The van der Waals surface area contributed by atoms with Gasteiger partial charge in [-0.05, 0) is 37.6 Å². The molecule has 0 atom stereocenters. The molecule has 5 nitrogen and oxygen atoms in total. The number of hydrogen-bond donors (Lipinski definition) is 2. The van der Waals surface area contributed by atoms with Gasteiger partial charge in [-0.15, -0.1) is 0 Å². The molecule has 0 aliphatic rings. The molecule has 0 saturated carbocycles. The second-order valence-corrected chi connectivity index (χ2v) is 6.67. The average Bonchev–Trinajstić information content (AvgIpc) is 2.98. The van der Waals surface area contributed by atoms with Gasteiger partial charge in [-0.2, -0.15) is 5.10 Å². The number of halogens is 1. The van der Waals surface area contributed by atoms with Gasteiger partial charge in [0, 0.05) is 36.4 Å². The summed E-state index contributed by atoms with van der Waals surface area (Å²) in [4.78, 5) is 4.30. The topological polar surface area (TPSA) is 54.2 Å². The molecule has 6 heteroatoms. The molecule has 0 fully saturated rings. The molecule has 27 heavy (non-hydrogen) atoms. The SMILES string of the molecule is CN=C(NCc1ccccc1Cl)NCc1c(C)nn(-c2ccccc2)c1C. The summed E-state index contributed by atoms with van der Waals surface area (Å²) in [6, 6.07) is 17.9. The van der Waals surface area contributed by atoms with Gasteiger partial charge in [0.15, 0.2) is 5.96 Å². The van der Waals surface area contributed by atoms with Crippen molar-refractivity contribution >= 4 is 17.6 Å². The van der Waals surface area contributed by atoms with Gasteiger partial charge in [-0.3, -0.25) is 4.99 Å². The molecule has 0 aliphatic carbocycles. The minimum atomic E-state index is 0.612. The fraction of sp³-hybridized carbons (Fsp3) is 0.238. The van der Waals surface area contributed by atoms with Crippen LogP contribution in [0.25, 0.3) is 5.69 Å². The van der Waals surface area contributed by atoms with Gasteiger partial charge < -0.3 is 10.6 Å². The Kier molecular flexibility index (Phi) is 6.14. The summed E-state index contributed by atoms with van der Waals surface area (Å²) in [6.45, 7) is 5.38. The Hall–Kier alpha value is -2.79. The van der Waals surface area contributed by atoms with Gasteiger partial charge in [0.1, 0.15) is 0 Å². The highest BCUT2D eigenvalue weighted by molar-refractivity contribution is 6.31. The number of para-hydroxylation sites is 1. The van der Waals surface area contributed by atoms with E-state index in [1.54, 1.807) is 7.05 Å². The Bertz CT molecular complexity index is 931. The maximum Gasteiger partial charge on any atom is 0.191 e. The van der Waals surface area contributed by atoms with E-state index >= 15 is 0 Å². The number of hydrogen-bond acceptors (Lipinski definition) is 2. The van der Waals surface area contributed by atoms with Crippen LogP contribution in [-0.4, -0.2) is 22.8 Å². The van der Waals surface area contributed by atoms with Crippen molar-refractivity contribution in [2.24, 2.45) is 4.99 Å². The maximum absolute atomic E-state index is 6.22. The van der Waals surface area contributed by atoms with E-state index in [-0.39, 0.29) is 0 Å². The average molecular weight is 382 g/mol. The Morgan fingerprint density at radius 2 is 1.67 bits per heavy atom. The Morgan fingerprint density at radius 3 is 2.37 bits per heavy atom. The fourth-order valence-corrected chi connectivity index (χ4v) is 3.17. The standard InChI is InChI=1S/C21H24ClN5/c1-15-19(16(2)27(26-15)18-10-5-4-6-11-18)14-25-21(23-3)24-13-17-9-7-8-12-20(17)22/h4-12H,13-14H2,1-3H3,(H2,23,24,25). The normalized spacial score (nSPS) is 11.5. The second kappa shape index (κ2) is 8.73. The molecular formula is C21H24ClN5. The lowest BCUT2D eigenvalue weighted by Gasteiger charge is -2.13. The van der Waals surface area contributed by atoms with Crippen molar-refractivity contribution in [3.8, 4) is 5.69 Å². The number of nitrogens with zero attached hydrogens (tertiary/aromatic N) is 3. The van der Waals surface area contributed by atoms with E-state index in [0.717, 1.165) is 33.6 Å². The van der Waals surface area contributed by atoms with E-state index in [4.69, 9.17) is 11.6 Å². The smallest absolute Gasteiger partial charge is 0.191 e. The first-order chi connectivity index (χ1) is 13.1. The van der Waals surface area contributed by atoms with Crippen molar-refractivity contribution in [3.63, 3.8) is 0 Å². The van der Waals surface area contributed by atoms with Gasteiger partial charge in [-0.1, -0.05) is 48.0 Å². The Labute approximate surface area is 165 Å². The predicted octanol–water partition coefficient (Wildman–Crippen LogP) is 4.01. The largest absolute Gasteiger partial charge is 0.352 e. The molecule has 0 unspecified atom stereocenters. The molecule has 3 rings (SSSR count). The van der Waals surface area contributed by atoms with E-state index in [9.17, 15) is 0 Å². The van der Waals surface area contributed by atoms with Crippen molar-refractivity contribution in [2.75, 3.05) is 7.05 Å². The minimum Gasteiger partial charge on any atom is -0.352 e. The summed E-state index contributed by atoms with van der Waals surface area (Å²) in [5.74, 6) is 0.723. The molecular weight excluding hydrogens is 358 g/mol. The molecule has 0 bridgehead atoms. The quantitative estimate of drug-likeness (QED) is 0.518. The van der Waals surface area contributed by atoms with E-state index in [1.807, 2.05) is 54.1 Å². The second-order valence-electron chi connectivity index (χ2n) is 6.27. The summed E-state index contributed by atoms with van der Waals surface area (Å²) in [5.41, 5.74) is 5.38. The molecule has 0 radical (unpaired) electrons. The highest BCUT2D eigenvalue weighted by atomic mass is 35.5. The van der Waals surface area contributed by atoms with Gasteiger partial charge in [0.05, 0.1) is 11.4 Å². The van der Waals surface area contributed by atoms with Crippen molar-refractivity contribution < 1.29 is 0 Å². The lowest BCUT2D eigenvalue weighted by Crippen LogP contribution is -2.36. The van der Waals surface area contributed by atoms with Gasteiger partial charge in [0.25, 0.3) is 0 Å². The van der Waals surface area contributed by atoms with Crippen LogP contribution in [0.4, 0.5) is 0 Å². The molecule has 3 aromatic rings. The molecule has 140 valence electrons. The zero-order valence-electron chi connectivity index (χ0n) is 15.8. The molecule has 0 saturated heterocycles.